The van der Waals surface area contributed by atoms with Crippen molar-refractivity contribution in [2.75, 3.05) is 6.54 Å². The first-order valence-corrected chi connectivity index (χ1v) is 9.82. The average molecular weight is 413 g/mol. The first-order valence-electron chi connectivity index (χ1n) is 9.44. The Morgan fingerprint density at radius 2 is 2.17 bits per heavy atom. The quantitative estimate of drug-likeness (QED) is 0.464. The molecule has 29 heavy (non-hydrogen) atoms. The molecule has 0 aliphatic carbocycles. The van der Waals surface area contributed by atoms with E-state index in [9.17, 15) is 9.59 Å². The Bertz CT molecular complexity index is 1080. The lowest BCUT2D eigenvalue weighted by Gasteiger charge is -2.15. The molecule has 1 aliphatic heterocycles. The van der Waals surface area contributed by atoms with Crippen molar-refractivity contribution in [3.8, 4) is 0 Å². The lowest BCUT2D eigenvalue weighted by Crippen LogP contribution is -2.26. The molecule has 2 aromatic heterocycles. The second-order valence-electron chi connectivity index (χ2n) is 7.38. The Kier molecular flexibility index (Phi) is 5.28. The van der Waals surface area contributed by atoms with Gasteiger partial charge in [0.25, 0.3) is 0 Å². The number of halogens is 1. The minimum Gasteiger partial charge on any atom is -0.467 e. The molecular formula is C22H21ClN2O4. The van der Waals surface area contributed by atoms with E-state index >= 15 is 0 Å². The van der Waals surface area contributed by atoms with Crippen LogP contribution in [0.25, 0.3) is 10.9 Å². The summed E-state index contributed by atoms with van der Waals surface area (Å²) in [6, 6.07) is 9.48. The summed E-state index contributed by atoms with van der Waals surface area (Å²) in [5.74, 6) is -0.294. The Balaban J connectivity index is 1.41. The van der Waals surface area contributed by atoms with Crippen molar-refractivity contribution in [1.29, 1.82) is 0 Å². The Labute approximate surface area is 173 Å². The van der Waals surface area contributed by atoms with Crippen LogP contribution in [0.4, 0.5) is 0 Å². The summed E-state index contributed by atoms with van der Waals surface area (Å²) in [7, 11) is 0. The summed E-state index contributed by atoms with van der Waals surface area (Å²) in [5.41, 5.74) is 3.71. The van der Waals surface area contributed by atoms with Gasteiger partial charge in [-0.25, -0.2) is 4.98 Å². The number of hydrogen-bond donors (Lipinski definition) is 0. The van der Waals surface area contributed by atoms with E-state index in [1.54, 1.807) is 23.3 Å². The van der Waals surface area contributed by atoms with Crippen molar-refractivity contribution in [2.45, 2.75) is 33.4 Å². The van der Waals surface area contributed by atoms with Crippen LogP contribution in [0.1, 0.15) is 28.9 Å². The predicted molar refractivity (Wildman–Crippen MR) is 108 cm³/mol. The molecule has 1 saturated heterocycles. The van der Waals surface area contributed by atoms with E-state index in [1.165, 1.54) is 0 Å². The van der Waals surface area contributed by atoms with E-state index in [-0.39, 0.29) is 18.9 Å². The van der Waals surface area contributed by atoms with Crippen LogP contribution in [-0.4, -0.2) is 28.3 Å². The molecular weight excluding hydrogens is 392 g/mol. The van der Waals surface area contributed by atoms with Crippen LogP contribution in [0.2, 0.25) is 5.15 Å². The van der Waals surface area contributed by atoms with E-state index in [0.29, 0.717) is 29.6 Å². The highest BCUT2D eigenvalue weighted by molar-refractivity contribution is 6.30. The number of likely N-dealkylation sites (tertiary alicyclic amines) is 1. The van der Waals surface area contributed by atoms with Crippen molar-refractivity contribution in [1.82, 2.24) is 9.88 Å². The van der Waals surface area contributed by atoms with Crippen LogP contribution < -0.4 is 0 Å². The van der Waals surface area contributed by atoms with Gasteiger partial charge in [-0.15, -0.1) is 0 Å². The monoisotopic (exact) mass is 412 g/mol. The zero-order valence-corrected chi connectivity index (χ0v) is 17.0. The molecule has 0 bridgehead atoms. The van der Waals surface area contributed by atoms with Crippen LogP contribution in [0.5, 0.6) is 0 Å². The number of esters is 1. The zero-order chi connectivity index (χ0) is 20.5. The number of pyridine rings is 1. The Morgan fingerprint density at radius 1 is 1.34 bits per heavy atom. The summed E-state index contributed by atoms with van der Waals surface area (Å²) in [6.07, 6.45) is 1.70. The van der Waals surface area contributed by atoms with Gasteiger partial charge in [0.05, 0.1) is 24.2 Å². The molecule has 6 nitrogen and oxygen atoms in total. The highest BCUT2D eigenvalue weighted by Crippen LogP contribution is 2.26. The molecule has 4 rings (SSSR count). The van der Waals surface area contributed by atoms with E-state index in [1.807, 2.05) is 32.0 Å². The topological polar surface area (TPSA) is 72.6 Å². The lowest BCUT2D eigenvalue weighted by atomic mass is 10.0. The molecule has 1 atom stereocenters. The fourth-order valence-corrected chi connectivity index (χ4v) is 3.74. The zero-order valence-electron chi connectivity index (χ0n) is 16.3. The SMILES string of the molecule is Cc1ccc2cc(COC(=O)[C@@H]3CC(=O)N(Cc4ccco4)C3)c(Cl)nc2c1C. The van der Waals surface area contributed by atoms with Crippen LogP contribution in [0.3, 0.4) is 0 Å². The van der Waals surface area contributed by atoms with E-state index in [4.69, 9.17) is 20.8 Å². The van der Waals surface area contributed by atoms with Crippen molar-refractivity contribution < 1.29 is 18.7 Å². The molecule has 1 amide bonds. The Morgan fingerprint density at radius 3 is 2.93 bits per heavy atom. The molecule has 1 fully saturated rings. The summed E-state index contributed by atoms with van der Waals surface area (Å²) in [5, 5.41) is 1.27. The van der Waals surface area contributed by atoms with E-state index in [0.717, 1.165) is 22.0 Å². The number of furan rings is 1. The number of aryl methyl sites for hydroxylation is 2. The predicted octanol–water partition coefficient (Wildman–Crippen LogP) is 4.19. The molecule has 0 N–H and O–H groups in total. The van der Waals surface area contributed by atoms with Crippen LogP contribution in [-0.2, 0) is 27.5 Å². The first-order chi connectivity index (χ1) is 13.9. The molecule has 3 aromatic rings. The summed E-state index contributed by atoms with van der Waals surface area (Å²) in [6.45, 7) is 4.73. The third-order valence-corrected chi connectivity index (χ3v) is 5.71. The van der Waals surface area contributed by atoms with Crippen LogP contribution in [0.15, 0.2) is 41.0 Å². The maximum absolute atomic E-state index is 12.5. The van der Waals surface area contributed by atoms with Gasteiger partial charge >= 0.3 is 5.97 Å². The minimum atomic E-state index is -0.491. The third-order valence-electron chi connectivity index (χ3n) is 5.38. The second-order valence-corrected chi connectivity index (χ2v) is 7.74. The molecule has 0 unspecified atom stereocenters. The van der Waals surface area contributed by atoms with Gasteiger partial charge in [0.2, 0.25) is 5.91 Å². The fourth-order valence-electron chi connectivity index (χ4n) is 3.55. The maximum Gasteiger partial charge on any atom is 0.311 e. The normalized spacial score (nSPS) is 16.6. The van der Waals surface area contributed by atoms with Crippen molar-refractivity contribution >= 4 is 34.4 Å². The molecule has 3 heterocycles. The van der Waals surface area contributed by atoms with Crippen LogP contribution >= 0.6 is 11.6 Å². The lowest BCUT2D eigenvalue weighted by molar-refractivity contribution is -0.149. The molecule has 0 radical (unpaired) electrons. The summed E-state index contributed by atoms with van der Waals surface area (Å²) in [4.78, 5) is 30.8. The Hall–Kier alpha value is -2.86. The highest BCUT2D eigenvalue weighted by atomic mass is 35.5. The number of benzene rings is 1. The summed E-state index contributed by atoms with van der Waals surface area (Å²) < 4.78 is 10.7. The van der Waals surface area contributed by atoms with Gasteiger partial charge in [0, 0.05) is 23.9 Å². The molecule has 7 heteroatoms. The van der Waals surface area contributed by atoms with Gasteiger partial charge in [-0.1, -0.05) is 23.7 Å². The number of amides is 1. The van der Waals surface area contributed by atoms with E-state index in [2.05, 4.69) is 4.98 Å². The van der Waals surface area contributed by atoms with Crippen molar-refractivity contribution in [2.24, 2.45) is 5.92 Å². The number of carbonyl (C=O) groups is 2. The van der Waals surface area contributed by atoms with Gasteiger partial charge in [0.1, 0.15) is 17.5 Å². The average Bonchev–Trinajstić information content (AvgIpc) is 3.34. The smallest absolute Gasteiger partial charge is 0.311 e. The van der Waals surface area contributed by atoms with Gasteiger partial charge < -0.3 is 14.1 Å². The molecule has 150 valence electrons. The van der Waals surface area contributed by atoms with Crippen molar-refractivity contribution in [3.63, 3.8) is 0 Å². The fraction of sp³-hybridized carbons (Fsp3) is 0.318. The number of nitrogens with zero attached hydrogens (tertiary/aromatic N) is 2. The van der Waals surface area contributed by atoms with E-state index < -0.39 is 11.9 Å². The number of hydrogen-bond acceptors (Lipinski definition) is 5. The van der Waals surface area contributed by atoms with Gasteiger partial charge in [-0.3, -0.25) is 9.59 Å². The van der Waals surface area contributed by atoms with Gasteiger partial charge in [-0.2, -0.15) is 0 Å². The molecule has 0 saturated carbocycles. The maximum atomic E-state index is 12.5. The third kappa shape index (κ3) is 3.98. The molecule has 1 aromatic carbocycles. The van der Waals surface area contributed by atoms with Gasteiger partial charge in [0.15, 0.2) is 0 Å². The van der Waals surface area contributed by atoms with Crippen molar-refractivity contribution in [3.05, 3.63) is 64.2 Å². The number of aromatic nitrogens is 1. The molecule has 0 spiro atoms. The number of fused-ring (bicyclic) bond motifs is 1. The second kappa shape index (κ2) is 7.87. The number of ether oxygens (including phenoxy) is 1. The van der Waals surface area contributed by atoms with Gasteiger partial charge in [-0.05, 0) is 43.2 Å². The number of carbonyl (C=O) groups excluding carboxylic acids is 2. The van der Waals surface area contributed by atoms with Crippen LogP contribution in [0, 0.1) is 19.8 Å². The largest absolute Gasteiger partial charge is 0.467 e. The highest BCUT2D eigenvalue weighted by Gasteiger charge is 2.35. The first kappa shape index (κ1) is 19.5. The molecule has 1 aliphatic rings. The minimum absolute atomic E-state index is 0.0242. The standard InChI is InChI=1S/C22H21ClN2O4/c1-13-5-6-15-8-17(21(23)24-20(15)14(13)2)12-29-22(27)16-9-19(26)25(10-16)11-18-4-3-7-28-18/h3-8,16H,9-12H2,1-2H3/t16-/m1/s1. The summed E-state index contributed by atoms with van der Waals surface area (Å²) >= 11 is 6.32. The number of rotatable bonds is 5.